The van der Waals surface area contributed by atoms with Crippen LogP contribution < -0.4 is 5.32 Å². The van der Waals surface area contributed by atoms with Gasteiger partial charge in [-0.2, -0.15) is 0 Å². The number of hydrogen-bond donors (Lipinski definition) is 1. The van der Waals surface area contributed by atoms with Crippen molar-refractivity contribution in [3.63, 3.8) is 0 Å². The van der Waals surface area contributed by atoms with E-state index in [1.165, 1.54) is 12.8 Å². The lowest BCUT2D eigenvalue weighted by molar-refractivity contribution is 0.00779. The SMILES string of the molecule is CCNC(CCC(C)(C)OC)C1CCOC1CC. The van der Waals surface area contributed by atoms with E-state index in [9.17, 15) is 0 Å². The Kier molecular flexibility index (Phi) is 6.61. The molecular formula is C15H31NO2. The Morgan fingerprint density at radius 1 is 1.39 bits per heavy atom. The lowest BCUT2D eigenvalue weighted by Gasteiger charge is -2.31. The molecule has 0 aromatic heterocycles. The summed E-state index contributed by atoms with van der Waals surface area (Å²) in [6.07, 6.45) is 5.02. The fourth-order valence-electron chi connectivity index (χ4n) is 2.88. The zero-order chi connectivity index (χ0) is 13.6. The largest absolute Gasteiger partial charge is 0.379 e. The first-order valence-corrected chi connectivity index (χ1v) is 7.44. The highest BCUT2D eigenvalue weighted by atomic mass is 16.5. The van der Waals surface area contributed by atoms with Crippen LogP contribution in [-0.2, 0) is 9.47 Å². The molecule has 3 nitrogen and oxygen atoms in total. The van der Waals surface area contributed by atoms with Crippen molar-refractivity contribution in [2.75, 3.05) is 20.3 Å². The van der Waals surface area contributed by atoms with E-state index in [0.29, 0.717) is 18.1 Å². The van der Waals surface area contributed by atoms with Gasteiger partial charge < -0.3 is 14.8 Å². The first kappa shape index (κ1) is 15.9. The summed E-state index contributed by atoms with van der Waals surface area (Å²) >= 11 is 0. The maximum absolute atomic E-state index is 5.83. The summed E-state index contributed by atoms with van der Waals surface area (Å²) in [5.74, 6) is 0.669. The molecule has 3 atom stereocenters. The molecule has 1 fully saturated rings. The molecule has 0 aromatic carbocycles. The molecule has 1 rings (SSSR count). The number of nitrogens with one attached hydrogen (secondary N) is 1. The first-order chi connectivity index (χ1) is 8.54. The van der Waals surface area contributed by atoms with Gasteiger partial charge in [0.15, 0.2) is 0 Å². The van der Waals surface area contributed by atoms with Crippen LogP contribution >= 0.6 is 0 Å². The van der Waals surface area contributed by atoms with Crippen LogP contribution in [-0.4, -0.2) is 38.0 Å². The van der Waals surface area contributed by atoms with Gasteiger partial charge in [-0.3, -0.25) is 0 Å². The molecule has 3 heteroatoms. The van der Waals surface area contributed by atoms with Crippen LogP contribution in [0.15, 0.2) is 0 Å². The van der Waals surface area contributed by atoms with Gasteiger partial charge in [-0.15, -0.1) is 0 Å². The summed E-state index contributed by atoms with van der Waals surface area (Å²) in [4.78, 5) is 0. The Balaban J connectivity index is 2.53. The molecule has 0 radical (unpaired) electrons. The molecule has 1 heterocycles. The highest BCUT2D eigenvalue weighted by Crippen LogP contribution is 2.30. The molecule has 3 unspecified atom stereocenters. The second kappa shape index (κ2) is 7.46. The fourth-order valence-corrected chi connectivity index (χ4v) is 2.88. The summed E-state index contributed by atoms with van der Waals surface area (Å²) in [6, 6.07) is 0.567. The maximum atomic E-state index is 5.83. The monoisotopic (exact) mass is 257 g/mol. The maximum Gasteiger partial charge on any atom is 0.0623 e. The van der Waals surface area contributed by atoms with E-state index >= 15 is 0 Å². The fraction of sp³-hybridized carbons (Fsp3) is 1.00. The molecule has 1 N–H and O–H groups in total. The van der Waals surface area contributed by atoms with E-state index in [4.69, 9.17) is 9.47 Å². The standard InChI is InChI=1S/C15H31NO2/c1-6-14-12(9-11-18-14)13(16-7-2)8-10-15(3,4)17-5/h12-14,16H,6-11H2,1-5H3. The smallest absolute Gasteiger partial charge is 0.0623 e. The van der Waals surface area contributed by atoms with E-state index in [-0.39, 0.29) is 5.60 Å². The van der Waals surface area contributed by atoms with E-state index in [0.717, 1.165) is 26.0 Å². The summed E-state index contributed by atoms with van der Waals surface area (Å²) in [5, 5.41) is 3.65. The quantitative estimate of drug-likeness (QED) is 0.725. The van der Waals surface area contributed by atoms with Crippen LogP contribution in [0.2, 0.25) is 0 Å². The number of ether oxygens (including phenoxy) is 2. The Bertz CT molecular complexity index is 231. The van der Waals surface area contributed by atoms with Gasteiger partial charge in [0.25, 0.3) is 0 Å². The number of hydrogen-bond acceptors (Lipinski definition) is 3. The summed E-state index contributed by atoms with van der Waals surface area (Å²) < 4.78 is 11.4. The van der Waals surface area contributed by atoms with Gasteiger partial charge in [-0.25, -0.2) is 0 Å². The van der Waals surface area contributed by atoms with Gasteiger partial charge in [-0.1, -0.05) is 13.8 Å². The van der Waals surface area contributed by atoms with Crippen LogP contribution in [0.3, 0.4) is 0 Å². The van der Waals surface area contributed by atoms with Gasteiger partial charge in [-0.05, 0) is 46.1 Å². The topological polar surface area (TPSA) is 30.5 Å². The minimum atomic E-state index is -0.0190. The van der Waals surface area contributed by atoms with Crippen molar-refractivity contribution in [1.82, 2.24) is 5.32 Å². The number of methoxy groups -OCH3 is 1. The second-order valence-electron chi connectivity index (χ2n) is 5.94. The third kappa shape index (κ3) is 4.52. The molecule has 0 amide bonds. The summed E-state index contributed by atoms with van der Waals surface area (Å²) in [6.45, 7) is 10.7. The Morgan fingerprint density at radius 2 is 2.11 bits per heavy atom. The van der Waals surface area contributed by atoms with Crippen molar-refractivity contribution in [2.45, 2.75) is 71.1 Å². The third-order valence-corrected chi connectivity index (χ3v) is 4.26. The molecule has 1 aliphatic heterocycles. The van der Waals surface area contributed by atoms with E-state index < -0.39 is 0 Å². The minimum Gasteiger partial charge on any atom is -0.379 e. The Hall–Kier alpha value is -0.120. The molecule has 0 aliphatic carbocycles. The van der Waals surface area contributed by atoms with Crippen molar-refractivity contribution in [1.29, 1.82) is 0 Å². The summed E-state index contributed by atoms with van der Waals surface area (Å²) in [5.41, 5.74) is -0.0190. The summed E-state index contributed by atoms with van der Waals surface area (Å²) in [7, 11) is 1.80. The first-order valence-electron chi connectivity index (χ1n) is 7.44. The van der Waals surface area contributed by atoms with Crippen LogP contribution in [0.4, 0.5) is 0 Å². The van der Waals surface area contributed by atoms with E-state index in [1.54, 1.807) is 7.11 Å². The highest BCUT2D eigenvalue weighted by molar-refractivity contribution is 4.87. The van der Waals surface area contributed by atoms with Crippen molar-refractivity contribution in [2.24, 2.45) is 5.92 Å². The molecule has 0 bridgehead atoms. The minimum absolute atomic E-state index is 0.0190. The Morgan fingerprint density at radius 3 is 2.67 bits per heavy atom. The molecule has 0 aromatic rings. The van der Waals surface area contributed by atoms with Crippen molar-refractivity contribution >= 4 is 0 Å². The zero-order valence-electron chi connectivity index (χ0n) is 12.8. The molecule has 108 valence electrons. The van der Waals surface area contributed by atoms with Crippen LogP contribution in [0.5, 0.6) is 0 Å². The molecule has 0 saturated carbocycles. The Labute approximate surface area is 113 Å². The van der Waals surface area contributed by atoms with Crippen molar-refractivity contribution in [3.8, 4) is 0 Å². The van der Waals surface area contributed by atoms with Gasteiger partial charge in [0.2, 0.25) is 0 Å². The molecule has 0 spiro atoms. The predicted octanol–water partition coefficient (Wildman–Crippen LogP) is 2.98. The predicted molar refractivity (Wildman–Crippen MR) is 75.9 cm³/mol. The van der Waals surface area contributed by atoms with Gasteiger partial charge in [0.05, 0.1) is 11.7 Å². The molecular weight excluding hydrogens is 226 g/mol. The lowest BCUT2D eigenvalue weighted by Crippen LogP contribution is -2.41. The van der Waals surface area contributed by atoms with Gasteiger partial charge in [0.1, 0.15) is 0 Å². The second-order valence-corrected chi connectivity index (χ2v) is 5.94. The molecule has 1 aliphatic rings. The molecule has 18 heavy (non-hydrogen) atoms. The van der Waals surface area contributed by atoms with Crippen molar-refractivity contribution in [3.05, 3.63) is 0 Å². The van der Waals surface area contributed by atoms with Crippen LogP contribution in [0.25, 0.3) is 0 Å². The average Bonchev–Trinajstić information content (AvgIpc) is 2.82. The highest BCUT2D eigenvalue weighted by Gasteiger charge is 2.33. The van der Waals surface area contributed by atoms with Crippen molar-refractivity contribution < 1.29 is 9.47 Å². The molecule has 1 saturated heterocycles. The normalized spacial score (nSPS) is 26.5. The van der Waals surface area contributed by atoms with Gasteiger partial charge in [0, 0.05) is 25.7 Å². The number of rotatable bonds is 8. The zero-order valence-corrected chi connectivity index (χ0v) is 12.8. The van der Waals surface area contributed by atoms with Crippen LogP contribution in [0.1, 0.15) is 53.4 Å². The van der Waals surface area contributed by atoms with E-state index in [1.807, 2.05) is 0 Å². The third-order valence-electron chi connectivity index (χ3n) is 4.26. The average molecular weight is 257 g/mol. The lowest BCUT2D eigenvalue weighted by atomic mass is 9.86. The van der Waals surface area contributed by atoms with Crippen LogP contribution in [0, 0.1) is 5.92 Å². The van der Waals surface area contributed by atoms with E-state index in [2.05, 4.69) is 33.0 Å². The van der Waals surface area contributed by atoms with Gasteiger partial charge >= 0.3 is 0 Å².